The largest absolute Gasteiger partial charge is 0.269 e. The maximum Gasteiger partial charge on any atom is 0.269 e. The van der Waals surface area contributed by atoms with Gasteiger partial charge in [0.2, 0.25) is 0 Å². The second-order valence-electron chi connectivity index (χ2n) is 8.37. The van der Waals surface area contributed by atoms with Gasteiger partial charge in [-0.25, -0.2) is 0 Å². The number of hydrogen-bond acceptors (Lipinski definition) is 2. The Morgan fingerprint density at radius 3 is 2.20 bits per heavy atom. The van der Waals surface area contributed by atoms with Crippen molar-refractivity contribution in [1.29, 1.82) is 0 Å². The molecule has 0 heterocycles. The summed E-state index contributed by atoms with van der Waals surface area (Å²) in [5.74, 6) is 0.133. The molecule has 2 aliphatic rings. The van der Waals surface area contributed by atoms with Crippen LogP contribution in [0.4, 0.5) is 5.69 Å². The third-order valence-corrected chi connectivity index (χ3v) is 6.85. The van der Waals surface area contributed by atoms with Crippen molar-refractivity contribution < 1.29 is 4.92 Å². The van der Waals surface area contributed by atoms with Gasteiger partial charge >= 0.3 is 0 Å². The molecule has 0 fully saturated rings. The maximum absolute atomic E-state index is 11.2. The summed E-state index contributed by atoms with van der Waals surface area (Å²) in [5.41, 5.74) is 9.71. The van der Waals surface area contributed by atoms with Crippen LogP contribution in [-0.2, 0) is 12.8 Å². The first-order valence-corrected chi connectivity index (χ1v) is 10.6. The first-order valence-electron chi connectivity index (χ1n) is 10.6. The lowest BCUT2D eigenvalue weighted by Crippen LogP contribution is -2.10. The quantitative estimate of drug-likeness (QED) is 0.246. The molecule has 0 aliphatic heterocycles. The number of rotatable bonds is 2. The molecular formula is C27H21NO2. The summed E-state index contributed by atoms with van der Waals surface area (Å²) >= 11 is 0. The molecule has 6 rings (SSSR count). The number of nitro benzene ring substituents is 1. The molecule has 0 bridgehead atoms. The minimum Gasteiger partial charge on any atom is -0.258 e. The lowest BCUT2D eigenvalue weighted by molar-refractivity contribution is -0.384. The molecule has 1 atom stereocenters. The van der Waals surface area contributed by atoms with Crippen molar-refractivity contribution in [2.75, 3.05) is 0 Å². The third-order valence-electron chi connectivity index (χ3n) is 6.85. The van der Waals surface area contributed by atoms with Crippen LogP contribution in [0.15, 0.2) is 72.8 Å². The van der Waals surface area contributed by atoms with Crippen molar-refractivity contribution in [2.24, 2.45) is 0 Å². The monoisotopic (exact) mass is 391 g/mol. The highest BCUT2D eigenvalue weighted by Crippen LogP contribution is 2.54. The fourth-order valence-corrected chi connectivity index (χ4v) is 5.64. The van der Waals surface area contributed by atoms with Crippen molar-refractivity contribution >= 4 is 16.5 Å². The maximum atomic E-state index is 11.2. The van der Waals surface area contributed by atoms with Crippen LogP contribution in [0.2, 0.25) is 0 Å². The van der Waals surface area contributed by atoms with Gasteiger partial charge in [-0.05, 0) is 75.4 Å². The van der Waals surface area contributed by atoms with Gasteiger partial charge in [-0.2, -0.15) is 0 Å². The highest BCUT2D eigenvalue weighted by molar-refractivity contribution is 6.05. The highest BCUT2D eigenvalue weighted by Gasteiger charge is 2.35. The van der Waals surface area contributed by atoms with Gasteiger partial charge in [-0.1, -0.05) is 60.7 Å². The van der Waals surface area contributed by atoms with Crippen LogP contribution in [0.1, 0.15) is 46.6 Å². The standard InChI is InChI=1S/C27H21NO2/c29-28(30)18-15-13-17(14-16-18)25-23-11-5-6-12-24(23)26-21-9-3-1-7-19(21)20-8-2-4-10-22(20)27(25)26/h1,3,5-7,9,11-16,25H,2,4,8,10H2. The normalized spacial score (nSPS) is 16.7. The Balaban J connectivity index is 1.70. The highest BCUT2D eigenvalue weighted by atomic mass is 16.6. The molecule has 3 heteroatoms. The Morgan fingerprint density at radius 1 is 0.767 bits per heavy atom. The molecule has 30 heavy (non-hydrogen) atoms. The van der Waals surface area contributed by atoms with Crippen molar-refractivity contribution in [1.82, 2.24) is 0 Å². The third kappa shape index (κ3) is 2.38. The summed E-state index contributed by atoms with van der Waals surface area (Å²) in [6, 6.07) is 24.7. The van der Waals surface area contributed by atoms with E-state index >= 15 is 0 Å². The SMILES string of the molecule is O=[N+]([O-])c1ccc(C2c3ccccc3-c3c2c2c(c4ccccc34)CCCC2)cc1. The Hall–Kier alpha value is -3.46. The Kier molecular flexibility index (Phi) is 3.79. The van der Waals surface area contributed by atoms with Crippen LogP contribution in [0.25, 0.3) is 21.9 Å². The molecule has 4 aromatic carbocycles. The van der Waals surface area contributed by atoms with E-state index in [-0.39, 0.29) is 16.5 Å². The molecule has 4 aromatic rings. The summed E-state index contributed by atoms with van der Waals surface area (Å²) in [7, 11) is 0. The molecular weight excluding hydrogens is 370 g/mol. The van der Waals surface area contributed by atoms with Crippen LogP contribution >= 0.6 is 0 Å². The Bertz CT molecular complexity index is 1320. The number of nitrogens with zero attached hydrogens (tertiary/aromatic N) is 1. The number of benzene rings is 4. The van der Waals surface area contributed by atoms with Gasteiger partial charge in [0.25, 0.3) is 5.69 Å². The summed E-state index contributed by atoms with van der Waals surface area (Å²) < 4.78 is 0. The van der Waals surface area contributed by atoms with E-state index in [0.717, 1.165) is 18.4 Å². The van der Waals surface area contributed by atoms with E-state index in [9.17, 15) is 10.1 Å². The van der Waals surface area contributed by atoms with E-state index in [1.165, 1.54) is 57.0 Å². The zero-order valence-corrected chi connectivity index (χ0v) is 16.6. The van der Waals surface area contributed by atoms with Crippen molar-refractivity contribution in [3.05, 3.63) is 111 Å². The summed E-state index contributed by atoms with van der Waals surface area (Å²) in [4.78, 5) is 10.9. The predicted molar refractivity (Wildman–Crippen MR) is 120 cm³/mol. The molecule has 1 unspecified atom stereocenters. The minimum absolute atomic E-state index is 0.133. The van der Waals surface area contributed by atoms with Gasteiger partial charge < -0.3 is 0 Å². The van der Waals surface area contributed by atoms with Gasteiger partial charge in [-0.3, -0.25) is 10.1 Å². The van der Waals surface area contributed by atoms with Gasteiger partial charge in [0.15, 0.2) is 0 Å². The molecule has 3 nitrogen and oxygen atoms in total. The molecule has 0 radical (unpaired) electrons. The Labute approximate surface area is 175 Å². The van der Waals surface area contributed by atoms with E-state index in [0.29, 0.717) is 0 Å². The smallest absolute Gasteiger partial charge is 0.258 e. The van der Waals surface area contributed by atoms with Gasteiger partial charge in [0.05, 0.1) is 4.92 Å². The second-order valence-corrected chi connectivity index (χ2v) is 8.37. The number of hydrogen-bond donors (Lipinski definition) is 0. The van der Waals surface area contributed by atoms with Gasteiger partial charge in [0.1, 0.15) is 0 Å². The van der Waals surface area contributed by atoms with Crippen LogP contribution in [0.3, 0.4) is 0 Å². The average Bonchev–Trinajstić information content (AvgIpc) is 3.15. The molecule has 0 N–H and O–H groups in total. The fraction of sp³-hybridized carbons (Fsp3) is 0.185. The van der Waals surface area contributed by atoms with Crippen LogP contribution < -0.4 is 0 Å². The first kappa shape index (κ1) is 17.4. The molecule has 146 valence electrons. The Morgan fingerprint density at radius 2 is 1.43 bits per heavy atom. The van der Waals surface area contributed by atoms with Gasteiger partial charge in [0, 0.05) is 18.1 Å². The van der Waals surface area contributed by atoms with Crippen LogP contribution in [0.5, 0.6) is 0 Å². The lowest BCUT2D eigenvalue weighted by Gasteiger charge is -2.26. The number of non-ortho nitro benzene ring substituents is 1. The number of aryl methyl sites for hydroxylation is 1. The van der Waals surface area contributed by atoms with E-state index < -0.39 is 0 Å². The molecule has 0 saturated carbocycles. The second kappa shape index (κ2) is 6.53. The number of nitro groups is 1. The number of fused-ring (bicyclic) bond motifs is 8. The zero-order chi connectivity index (χ0) is 20.2. The summed E-state index contributed by atoms with van der Waals surface area (Å²) in [5, 5.41) is 13.9. The molecule has 0 amide bonds. The predicted octanol–water partition coefficient (Wildman–Crippen LogP) is 6.79. The molecule has 0 saturated heterocycles. The van der Waals surface area contributed by atoms with Crippen molar-refractivity contribution in [2.45, 2.75) is 31.6 Å². The molecule has 0 aromatic heterocycles. The van der Waals surface area contributed by atoms with E-state index in [4.69, 9.17) is 0 Å². The molecule has 0 spiro atoms. The first-order chi connectivity index (χ1) is 14.7. The minimum atomic E-state index is -0.324. The lowest BCUT2D eigenvalue weighted by atomic mass is 9.78. The summed E-state index contributed by atoms with van der Waals surface area (Å²) in [6.07, 6.45) is 4.71. The zero-order valence-electron chi connectivity index (χ0n) is 16.6. The average molecular weight is 391 g/mol. The van der Waals surface area contributed by atoms with Gasteiger partial charge in [-0.15, -0.1) is 0 Å². The fourth-order valence-electron chi connectivity index (χ4n) is 5.64. The van der Waals surface area contributed by atoms with Crippen LogP contribution in [0, 0.1) is 10.1 Å². The summed E-state index contributed by atoms with van der Waals surface area (Å²) in [6.45, 7) is 0. The van der Waals surface area contributed by atoms with E-state index in [1.54, 1.807) is 12.1 Å². The molecule has 2 aliphatic carbocycles. The van der Waals surface area contributed by atoms with Crippen molar-refractivity contribution in [3.63, 3.8) is 0 Å². The topological polar surface area (TPSA) is 43.1 Å². The van der Waals surface area contributed by atoms with E-state index in [1.807, 2.05) is 12.1 Å². The van der Waals surface area contributed by atoms with E-state index in [2.05, 4.69) is 48.5 Å². The van der Waals surface area contributed by atoms with Crippen LogP contribution in [-0.4, -0.2) is 4.92 Å². The van der Waals surface area contributed by atoms with Crippen molar-refractivity contribution in [3.8, 4) is 11.1 Å².